The molecule has 0 spiro atoms. The Labute approximate surface area is 143 Å². The highest BCUT2D eigenvalue weighted by Gasteiger charge is 2.13. The van der Waals surface area contributed by atoms with Crippen molar-refractivity contribution in [3.8, 4) is 0 Å². The molecule has 25 heavy (non-hydrogen) atoms. The summed E-state index contributed by atoms with van der Waals surface area (Å²) in [4.78, 5) is 26.9. The van der Waals surface area contributed by atoms with Crippen LogP contribution in [0.2, 0.25) is 0 Å². The number of nitro benzene ring substituents is 1. The number of hydrogen-bond donors (Lipinski definition) is 2. The summed E-state index contributed by atoms with van der Waals surface area (Å²) < 4.78 is 0. The molecule has 1 heterocycles. The lowest BCUT2D eigenvalue weighted by Crippen LogP contribution is -2.14. The van der Waals surface area contributed by atoms with Crippen LogP contribution in [0, 0.1) is 10.1 Å². The first-order valence-corrected chi connectivity index (χ1v) is 7.46. The van der Waals surface area contributed by atoms with Crippen LogP contribution in [0.15, 0.2) is 72.9 Å². The van der Waals surface area contributed by atoms with Crippen LogP contribution in [0.5, 0.6) is 0 Å². The number of nitrogens with one attached hydrogen (secondary N) is 2. The van der Waals surface area contributed by atoms with Gasteiger partial charge in [0.05, 0.1) is 10.5 Å². The Balaban J connectivity index is 1.81. The minimum atomic E-state index is -0.469. The van der Waals surface area contributed by atoms with Gasteiger partial charge >= 0.3 is 0 Å². The number of nitrogens with zero attached hydrogens (tertiary/aromatic N) is 2. The smallest absolute Gasteiger partial charge is 0.269 e. The summed E-state index contributed by atoms with van der Waals surface area (Å²) in [6.07, 6.45) is 1.56. The second kappa shape index (κ2) is 7.22. The van der Waals surface area contributed by atoms with Crippen LogP contribution in [-0.4, -0.2) is 15.8 Å². The maximum atomic E-state index is 12.5. The predicted molar refractivity (Wildman–Crippen MR) is 95.0 cm³/mol. The molecule has 2 aromatic carbocycles. The maximum absolute atomic E-state index is 12.5. The molecule has 0 saturated heterocycles. The summed E-state index contributed by atoms with van der Waals surface area (Å²) in [6.45, 7) is 0. The van der Waals surface area contributed by atoms with E-state index in [4.69, 9.17) is 0 Å². The fourth-order valence-corrected chi connectivity index (χ4v) is 2.21. The second-order valence-corrected chi connectivity index (χ2v) is 5.15. The number of carbonyl (C=O) groups excluding carboxylic acids is 1. The lowest BCUT2D eigenvalue weighted by Gasteiger charge is -2.11. The van der Waals surface area contributed by atoms with Gasteiger partial charge in [0.15, 0.2) is 0 Å². The number of amides is 1. The second-order valence-electron chi connectivity index (χ2n) is 5.15. The van der Waals surface area contributed by atoms with Crippen molar-refractivity contribution >= 4 is 28.8 Å². The van der Waals surface area contributed by atoms with Gasteiger partial charge in [0, 0.05) is 29.7 Å². The van der Waals surface area contributed by atoms with E-state index < -0.39 is 4.92 Å². The lowest BCUT2D eigenvalue weighted by atomic mass is 10.2. The number of non-ortho nitro benzene ring substituents is 1. The predicted octanol–water partition coefficient (Wildman–Crippen LogP) is 3.99. The van der Waals surface area contributed by atoms with Crippen molar-refractivity contribution in [2.75, 3.05) is 10.6 Å². The fourth-order valence-electron chi connectivity index (χ4n) is 2.21. The van der Waals surface area contributed by atoms with Crippen molar-refractivity contribution in [3.63, 3.8) is 0 Å². The van der Waals surface area contributed by atoms with E-state index >= 15 is 0 Å². The largest absolute Gasteiger partial charge is 0.340 e. The molecule has 3 aromatic rings. The van der Waals surface area contributed by atoms with Gasteiger partial charge in [0.25, 0.3) is 11.6 Å². The summed E-state index contributed by atoms with van der Waals surface area (Å²) in [6, 6.07) is 18.3. The molecule has 3 rings (SSSR count). The van der Waals surface area contributed by atoms with E-state index in [2.05, 4.69) is 15.6 Å². The van der Waals surface area contributed by atoms with Gasteiger partial charge in [-0.1, -0.05) is 18.2 Å². The standard InChI is InChI=1S/C18H14N4O3/c23-18(21-13-5-2-1-3-6-13)16-7-4-12-19-17(16)20-14-8-10-15(11-9-14)22(24)25/h1-12H,(H,19,20)(H,21,23). The molecule has 7 heteroatoms. The first-order chi connectivity index (χ1) is 12.1. The molecular weight excluding hydrogens is 320 g/mol. The molecule has 7 nitrogen and oxygen atoms in total. The SMILES string of the molecule is O=C(Nc1ccccc1)c1cccnc1Nc1ccc([N+](=O)[O-])cc1. The number of rotatable bonds is 5. The van der Waals surface area contributed by atoms with Crippen molar-refractivity contribution in [3.05, 3.63) is 88.6 Å². The molecule has 0 aliphatic heterocycles. The minimum absolute atomic E-state index is 0.00591. The normalized spacial score (nSPS) is 10.1. The minimum Gasteiger partial charge on any atom is -0.340 e. The van der Waals surface area contributed by atoms with Crippen molar-refractivity contribution in [1.82, 2.24) is 4.98 Å². The zero-order valence-electron chi connectivity index (χ0n) is 13.0. The highest BCUT2D eigenvalue weighted by atomic mass is 16.6. The summed E-state index contributed by atoms with van der Waals surface area (Å²) in [5, 5.41) is 16.5. The summed E-state index contributed by atoms with van der Waals surface area (Å²) in [5.74, 6) is 0.0634. The third-order valence-corrected chi connectivity index (χ3v) is 3.42. The van der Waals surface area contributed by atoms with E-state index in [-0.39, 0.29) is 11.6 Å². The van der Waals surface area contributed by atoms with Crippen LogP contribution in [-0.2, 0) is 0 Å². The number of aromatic nitrogens is 1. The molecule has 0 aliphatic carbocycles. The van der Waals surface area contributed by atoms with Crippen LogP contribution in [0.3, 0.4) is 0 Å². The molecule has 0 aliphatic rings. The van der Waals surface area contributed by atoms with Gasteiger partial charge in [0.1, 0.15) is 5.82 Å². The van der Waals surface area contributed by atoms with Gasteiger partial charge in [-0.15, -0.1) is 0 Å². The number of nitro groups is 1. The first kappa shape index (κ1) is 16.1. The van der Waals surface area contributed by atoms with E-state index in [1.807, 2.05) is 18.2 Å². The topological polar surface area (TPSA) is 97.2 Å². The van der Waals surface area contributed by atoms with Gasteiger partial charge in [-0.3, -0.25) is 14.9 Å². The van der Waals surface area contributed by atoms with Gasteiger partial charge in [-0.2, -0.15) is 0 Å². The van der Waals surface area contributed by atoms with Crippen LogP contribution >= 0.6 is 0 Å². The molecule has 0 radical (unpaired) electrons. The van der Waals surface area contributed by atoms with E-state index in [9.17, 15) is 14.9 Å². The Hall–Kier alpha value is -3.74. The maximum Gasteiger partial charge on any atom is 0.269 e. The molecule has 1 aromatic heterocycles. The Morgan fingerprint density at radius 2 is 1.64 bits per heavy atom. The van der Waals surface area contributed by atoms with Gasteiger partial charge < -0.3 is 10.6 Å². The molecule has 0 bridgehead atoms. The number of pyridine rings is 1. The van der Waals surface area contributed by atoms with Gasteiger partial charge in [-0.25, -0.2) is 4.98 Å². The van der Waals surface area contributed by atoms with E-state index in [1.54, 1.807) is 42.6 Å². The molecular formula is C18H14N4O3. The summed E-state index contributed by atoms with van der Waals surface area (Å²) >= 11 is 0. The molecule has 0 fully saturated rings. The van der Waals surface area contributed by atoms with Crippen LogP contribution in [0.4, 0.5) is 22.9 Å². The Morgan fingerprint density at radius 3 is 2.32 bits per heavy atom. The van der Waals surface area contributed by atoms with Crippen molar-refractivity contribution in [2.24, 2.45) is 0 Å². The number of hydrogen-bond acceptors (Lipinski definition) is 5. The molecule has 1 amide bonds. The summed E-state index contributed by atoms with van der Waals surface area (Å²) in [5.41, 5.74) is 1.63. The third kappa shape index (κ3) is 3.97. The summed E-state index contributed by atoms with van der Waals surface area (Å²) in [7, 11) is 0. The zero-order chi connectivity index (χ0) is 17.6. The van der Waals surface area contributed by atoms with Gasteiger partial charge in [-0.05, 0) is 36.4 Å². The molecule has 0 unspecified atom stereocenters. The molecule has 0 atom stereocenters. The molecule has 0 saturated carbocycles. The highest BCUT2D eigenvalue weighted by molar-refractivity contribution is 6.07. The van der Waals surface area contributed by atoms with Crippen molar-refractivity contribution in [1.29, 1.82) is 0 Å². The van der Waals surface area contributed by atoms with E-state index in [0.717, 1.165) is 0 Å². The van der Waals surface area contributed by atoms with Gasteiger partial charge in [0.2, 0.25) is 0 Å². The lowest BCUT2D eigenvalue weighted by molar-refractivity contribution is -0.384. The van der Waals surface area contributed by atoms with Crippen molar-refractivity contribution in [2.45, 2.75) is 0 Å². The number of carbonyl (C=O) groups is 1. The zero-order valence-corrected chi connectivity index (χ0v) is 13.0. The molecule has 124 valence electrons. The van der Waals surface area contributed by atoms with Crippen LogP contribution < -0.4 is 10.6 Å². The average molecular weight is 334 g/mol. The van der Waals surface area contributed by atoms with E-state index in [0.29, 0.717) is 22.8 Å². The molecule has 2 N–H and O–H groups in total. The van der Waals surface area contributed by atoms with Crippen molar-refractivity contribution < 1.29 is 9.72 Å². The highest BCUT2D eigenvalue weighted by Crippen LogP contribution is 2.22. The fraction of sp³-hybridized carbons (Fsp3) is 0. The number of anilines is 3. The first-order valence-electron chi connectivity index (χ1n) is 7.46. The third-order valence-electron chi connectivity index (χ3n) is 3.42. The monoisotopic (exact) mass is 334 g/mol. The van der Waals surface area contributed by atoms with Crippen LogP contribution in [0.25, 0.3) is 0 Å². The Morgan fingerprint density at radius 1 is 0.920 bits per heavy atom. The number of benzene rings is 2. The van der Waals surface area contributed by atoms with Crippen LogP contribution in [0.1, 0.15) is 10.4 Å². The quantitative estimate of drug-likeness (QED) is 0.543. The Bertz CT molecular complexity index is 896. The van der Waals surface area contributed by atoms with E-state index in [1.165, 1.54) is 12.1 Å². The number of para-hydroxylation sites is 1. The average Bonchev–Trinajstić information content (AvgIpc) is 2.63. The Kier molecular flexibility index (Phi) is 4.66.